The molecule has 0 fully saturated rings. The molecule has 0 heterocycles. The Balaban J connectivity index is 0.000000662. The molecule has 32 heavy (non-hydrogen) atoms. The van der Waals surface area contributed by atoms with E-state index in [1.54, 1.807) is 24.3 Å². The van der Waals surface area contributed by atoms with Crippen LogP contribution in [0, 0.1) is 0 Å². The largest absolute Gasteiger partial charge is 0.508 e. The van der Waals surface area contributed by atoms with Gasteiger partial charge in [0.25, 0.3) is 0 Å². The van der Waals surface area contributed by atoms with Gasteiger partial charge >= 0.3 is 11.9 Å². The van der Waals surface area contributed by atoms with Crippen molar-refractivity contribution in [1.29, 1.82) is 0 Å². The minimum absolute atomic E-state index is 0.284. The van der Waals surface area contributed by atoms with E-state index >= 15 is 0 Å². The van der Waals surface area contributed by atoms with Crippen LogP contribution in [0.4, 0.5) is 0 Å². The fraction of sp³-hybridized carbons (Fsp3) is 0.385. The van der Waals surface area contributed by atoms with Crippen molar-refractivity contribution in [3.05, 3.63) is 59.7 Å². The molecule has 0 aliphatic heterocycles. The summed E-state index contributed by atoms with van der Waals surface area (Å²) in [5.41, 5.74) is 4.82. The van der Waals surface area contributed by atoms with Gasteiger partial charge in [-0.3, -0.25) is 9.59 Å². The molecule has 0 spiro atoms. The molecule has 0 atom stereocenters. The lowest BCUT2D eigenvalue weighted by atomic mass is 9.91. The van der Waals surface area contributed by atoms with Gasteiger partial charge in [0.1, 0.15) is 11.5 Å². The fourth-order valence-electron chi connectivity index (χ4n) is 2.94. The number of phenolic OH excluding ortho intramolecular Hbond substituents is 2. The van der Waals surface area contributed by atoms with E-state index < -0.39 is 11.9 Å². The topological polar surface area (TPSA) is 115 Å². The third kappa shape index (κ3) is 11.8. The van der Waals surface area contributed by atoms with Crippen LogP contribution >= 0.6 is 0 Å². The number of hydrogen-bond acceptors (Lipinski definition) is 4. The average molecular weight is 445 g/mol. The zero-order valence-corrected chi connectivity index (χ0v) is 19.5. The number of phenols is 2. The van der Waals surface area contributed by atoms with E-state index in [0.29, 0.717) is 12.8 Å². The zero-order valence-electron chi connectivity index (χ0n) is 19.5. The van der Waals surface area contributed by atoms with Crippen molar-refractivity contribution in [3.8, 4) is 11.5 Å². The van der Waals surface area contributed by atoms with Crippen molar-refractivity contribution in [1.82, 2.24) is 0 Å². The fourth-order valence-corrected chi connectivity index (χ4v) is 2.94. The first-order valence-corrected chi connectivity index (χ1v) is 10.9. The average Bonchev–Trinajstić information content (AvgIpc) is 2.74. The van der Waals surface area contributed by atoms with Gasteiger partial charge in [-0.25, -0.2) is 0 Å². The van der Waals surface area contributed by atoms with Crippen LogP contribution in [0.15, 0.2) is 48.5 Å². The molecule has 0 radical (unpaired) electrons. The second-order valence-electron chi connectivity index (χ2n) is 7.05. The van der Waals surface area contributed by atoms with Crippen LogP contribution in [-0.4, -0.2) is 32.4 Å². The predicted molar refractivity (Wildman–Crippen MR) is 129 cm³/mol. The first kappa shape index (κ1) is 28.7. The Morgan fingerprint density at radius 3 is 1.03 bits per heavy atom. The van der Waals surface area contributed by atoms with Gasteiger partial charge in [0.15, 0.2) is 0 Å². The summed E-state index contributed by atoms with van der Waals surface area (Å²) < 4.78 is 0. The Kier molecular flexibility index (Phi) is 14.7. The van der Waals surface area contributed by atoms with Gasteiger partial charge in [0.2, 0.25) is 0 Å². The number of aromatic hydroxyl groups is 2. The van der Waals surface area contributed by atoms with Gasteiger partial charge in [0, 0.05) is 12.8 Å². The number of rotatable bonds is 8. The molecule has 0 aliphatic carbocycles. The number of hydrogen-bond donors (Lipinski definition) is 4. The molecule has 0 unspecified atom stereocenters. The van der Waals surface area contributed by atoms with Crippen molar-refractivity contribution in [2.75, 3.05) is 0 Å². The monoisotopic (exact) mass is 444 g/mol. The van der Waals surface area contributed by atoms with Gasteiger partial charge < -0.3 is 20.4 Å². The first-order valence-electron chi connectivity index (χ1n) is 10.9. The highest BCUT2D eigenvalue weighted by molar-refractivity contribution is 5.90. The summed E-state index contributed by atoms with van der Waals surface area (Å²) in [4.78, 5) is 19.2. The summed E-state index contributed by atoms with van der Waals surface area (Å²) in [6, 6.07) is 14.7. The lowest BCUT2D eigenvalue weighted by Crippen LogP contribution is -1.91. The lowest BCUT2D eigenvalue weighted by molar-refractivity contribution is -0.138. The summed E-state index contributed by atoms with van der Waals surface area (Å²) in [6.45, 7) is 7.96. The van der Waals surface area contributed by atoms with E-state index in [2.05, 4.69) is 13.8 Å². The Hall–Kier alpha value is -3.28. The molecule has 2 rings (SSSR count). The highest BCUT2D eigenvalue weighted by atomic mass is 16.4. The zero-order chi connectivity index (χ0) is 24.5. The Morgan fingerprint density at radius 1 is 0.594 bits per heavy atom. The number of allylic oxidation sites excluding steroid dienone is 2. The second-order valence-corrected chi connectivity index (χ2v) is 7.05. The van der Waals surface area contributed by atoms with Crippen LogP contribution in [-0.2, 0) is 9.59 Å². The number of carboxylic acid groups (broad SMARTS) is 2. The Morgan fingerprint density at radius 2 is 0.875 bits per heavy atom. The summed E-state index contributed by atoms with van der Waals surface area (Å²) in [7, 11) is 0. The Labute approximate surface area is 190 Å². The second kappa shape index (κ2) is 16.4. The maximum Gasteiger partial charge on any atom is 0.303 e. The molecule has 4 N–H and O–H groups in total. The molecule has 6 nitrogen and oxygen atoms in total. The minimum atomic E-state index is -0.711. The molecular formula is C26H36O6. The molecule has 0 saturated heterocycles. The van der Waals surface area contributed by atoms with E-state index in [1.807, 2.05) is 38.1 Å². The van der Waals surface area contributed by atoms with Gasteiger partial charge in [-0.1, -0.05) is 52.0 Å². The highest BCUT2D eigenvalue weighted by Gasteiger charge is 2.09. The van der Waals surface area contributed by atoms with E-state index in [9.17, 15) is 19.8 Å². The van der Waals surface area contributed by atoms with E-state index in [1.165, 1.54) is 11.1 Å². The molecule has 0 saturated carbocycles. The molecule has 0 aromatic heterocycles. The smallest absolute Gasteiger partial charge is 0.303 e. The third-order valence-electron chi connectivity index (χ3n) is 4.43. The maximum absolute atomic E-state index is 9.60. The van der Waals surface area contributed by atoms with Gasteiger partial charge in [-0.15, -0.1) is 0 Å². The summed E-state index contributed by atoms with van der Waals surface area (Å²) in [6.07, 6.45) is 3.90. The van der Waals surface area contributed by atoms with E-state index in [0.717, 1.165) is 36.8 Å². The van der Waals surface area contributed by atoms with Crippen LogP contribution in [0.25, 0.3) is 11.1 Å². The highest BCUT2D eigenvalue weighted by Crippen LogP contribution is 2.32. The predicted octanol–water partition coefficient (Wildman–Crippen LogP) is 6.57. The third-order valence-corrected chi connectivity index (χ3v) is 4.43. The summed E-state index contributed by atoms with van der Waals surface area (Å²) in [5.74, 6) is -0.853. The molecule has 2 aromatic rings. The van der Waals surface area contributed by atoms with Crippen LogP contribution < -0.4 is 0 Å². The van der Waals surface area contributed by atoms with Gasteiger partial charge in [-0.2, -0.15) is 0 Å². The first-order chi connectivity index (χ1) is 15.2. The molecule has 0 aliphatic rings. The van der Waals surface area contributed by atoms with Gasteiger partial charge in [0.05, 0.1) is 0 Å². The van der Waals surface area contributed by atoms with Crippen LogP contribution in [0.1, 0.15) is 77.3 Å². The van der Waals surface area contributed by atoms with Gasteiger partial charge in [-0.05, 0) is 72.2 Å². The number of aliphatic carboxylic acids is 2. The number of carboxylic acids is 2. The SMILES string of the molecule is CCC(=C(CC)c1ccc(O)cc1)c1ccc(O)cc1.CCCC(=O)O.CCCC(=O)O. The normalized spacial score (nSPS) is 10.6. The van der Waals surface area contributed by atoms with Crippen molar-refractivity contribution < 1.29 is 30.0 Å². The van der Waals surface area contributed by atoms with Crippen LogP contribution in [0.5, 0.6) is 11.5 Å². The van der Waals surface area contributed by atoms with E-state index in [-0.39, 0.29) is 11.5 Å². The van der Waals surface area contributed by atoms with Crippen LogP contribution in [0.2, 0.25) is 0 Å². The molecule has 176 valence electrons. The van der Waals surface area contributed by atoms with Crippen LogP contribution in [0.3, 0.4) is 0 Å². The van der Waals surface area contributed by atoms with E-state index in [4.69, 9.17) is 10.2 Å². The standard InChI is InChI=1S/C18H20O2.2C4H8O2/c1-3-17(13-5-9-15(19)10-6-13)18(4-2)14-7-11-16(20)12-8-14;2*1-2-3-4(5)6/h5-12,19-20H,3-4H2,1-2H3;2*2-3H2,1H3,(H,5,6). The molecule has 6 heteroatoms. The molecular weight excluding hydrogens is 408 g/mol. The lowest BCUT2D eigenvalue weighted by Gasteiger charge is -2.14. The maximum atomic E-state index is 9.60. The van der Waals surface area contributed by atoms with Crippen molar-refractivity contribution in [2.45, 2.75) is 66.2 Å². The number of benzene rings is 2. The molecule has 2 aromatic carbocycles. The summed E-state index contributed by atoms with van der Waals surface area (Å²) >= 11 is 0. The Bertz CT molecular complexity index is 764. The summed E-state index contributed by atoms with van der Waals surface area (Å²) in [5, 5.41) is 34.6. The van der Waals surface area contributed by atoms with Crippen molar-refractivity contribution >= 4 is 23.1 Å². The number of carbonyl (C=O) groups is 2. The molecule has 0 amide bonds. The minimum Gasteiger partial charge on any atom is -0.508 e. The van der Waals surface area contributed by atoms with Crippen molar-refractivity contribution in [2.24, 2.45) is 0 Å². The quantitative estimate of drug-likeness (QED) is 0.342. The molecule has 0 bridgehead atoms. The van der Waals surface area contributed by atoms with Crippen molar-refractivity contribution in [3.63, 3.8) is 0 Å².